The molecule has 0 aromatic heterocycles. The summed E-state index contributed by atoms with van der Waals surface area (Å²) in [5, 5.41) is 12.2. The standard InChI is InChI=1S/C22H29NO2/c1-13-3-6-16-11-17-22(24)8-7-14(2)20-21(22,18(16)19(13)25-20)9-10-23(17)12-15-4-5-15/h3,6,14-15,17,20,24H,4-5,7-12H2,1-2H3/t14?,17?,20-,21-,22?/m0/s1. The van der Waals surface area contributed by atoms with Crippen LogP contribution in [0.25, 0.3) is 0 Å². The van der Waals surface area contributed by atoms with Crippen molar-refractivity contribution in [3.63, 3.8) is 0 Å². The van der Waals surface area contributed by atoms with E-state index in [1.165, 1.54) is 36.1 Å². The maximum absolute atomic E-state index is 12.2. The van der Waals surface area contributed by atoms with Crippen molar-refractivity contribution in [2.45, 2.75) is 75.5 Å². The number of likely N-dealkylation sites (tertiary alicyclic amines) is 1. The molecule has 134 valence electrons. The lowest BCUT2D eigenvalue weighted by Crippen LogP contribution is -2.76. The van der Waals surface area contributed by atoms with Gasteiger partial charge in [0.25, 0.3) is 0 Å². The highest BCUT2D eigenvalue weighted by Crippen LogP contribution is 2.65. The van der Waals surface area contributed by atoms with Gasteiger partial charge in [0.05, 0.1) is 11.0 Å². The molecule has 3 unspecified atom stereocenters. The normalized spacial score (nSPS) is 44.4. The molecule has 0 radical (unpaired) electrons. The molecule has 0 amide bonds. The van der Waals surface area contributed by atoms with E-state index in [4.69, 9.17) is 4.74 Å². The zero-order valence-electron chi connectivity index (χ0n) is 15.4. The molecule has 2 heterocycles. The fraction of sp³-hybridized carbons (Fsp3) is 0.727. The average Bonchev–Trinajstić information content (AvgIpc) is 3.32. The van der Waals surface area contributed by atoms with Gasteiger partial charge < -0.3 is 9.84 Å². The number of ether oxygens (including phenoxy) is 1. The quantitative estimate of drug-likeness (QED) is 0.898. The Bertz CT molecular complexity index is 757. The molecule has 6 rings (SSSR count). The molecule has 2 saturated carbocycles. The van der Waals surface area contributed by atoms with Crippen molar-refractivity contribution in [2.75, 3.05) is 13.1 Å². The van der Waals surface area contributed by atoms with Crippen molar-refractivity contribution in [1.29, 1.82) is 0 Å². The third-order valence-electron chi connectivity index (χ3n) is 8.28. The number of aliphatic hydroxyl groups is 1. The Hall–Kier alpha value is -1.06. The van der Waals surface area contributed by atoms with Crippen LogP contribution in [0.3, 0.4) is 0 Å². The highest BCUT2D eigenvalue weighted by Gasteiger charge is 2.72. The molecule has 1 aromatic carbocycles. The lowest BCUT2D eigenvalue weighted by Gasteiger charge is -2.64. The van der Waals surface area contributed by atoms with Gasteiger partial charge in [0.15, 0.2) is 0 Å². The van der Waals surface area contributed by atoms with E-state index >= 15 is 0 Å². The summed E-state index contributed by atoms with van der Waals surface area (Å²) in [6.07, 6.45) is 7.01. The molecule has 3 heteroatoms. The molecule has 1 N–H and O–H groups in total. The van der Waals surface area contributed by atoms with Crippen LogP contribution in [0.2, 0.25) is 0 Å². The Morgan fingerprint density at radius 1 is 1.24 bits per heavy atom. The Balaban J connectivity index is 1.57. The van der Waals surface area contributed by atoms with Crippen molar-refractivity contribution in [3.8, 4) is 5.75 Å². The van der Waals surface area contributed by atoms with Crippen molar-refractivity contribution >= 4 is 0 Å². The van der Waals surface area contributed by atoms with Crippen molar-refractivity contribution < 1.29 is 9.84 Å². The zero-order chi connectivity index (χ0) is 17.0. The summed E-state index contributed by atoms with van der Waals surface area (Å²) < 4.78 is 6.64. The molecular formula is C22H29NO2. The summed E-state index contributed by atoms with van der Waals surface area (Å²) in [4.78, 5) is 2.65. The molecule has 1 saturated heterocycles. The van der Waals surface area contributed by atoms with Crippen LogP contribution in [0.1, 0.15) is 55.7 Å². The molecule has 2 bridgehead atoms. The third kappa shape index (κ3) is 1.66. The van der Waals surface area contributed by atoms with E-state index in [1.54, 1.807) is 0 Å². The monoisotopic (exact) mass is 339 g/mol. The van der Waals surface area contributed by atoms with Gasteiger partial charge in [-0.05, 0) is 75.0 Å². The molecular weight excluding hydrogens is 310 g/mol. The summed E-state index contributed by atoms with van der Waals surface area (Å²) in [5.74, 6) is 2.52. The molecule has 1 aromatic rings. The maximum Gasteiger partial charge on any atom is 0.126 e. The topological polar surface area (TPSA) is 32.7 Å². The van der Waals surface area contributed by atoms with Crippen LogP contribution < -0.4 is 4.74 Å². The number of rotatable bonds is 2. The van der Waals surface area contributed by atoms with Gasteiger partial charge in [-0.2, -0.15) is 0 Å². The number of benzene rings is 1. The van der Waals surface area contributed by atoms with Gasteiger partial charge >= 0.3 is 0 Å². The number of nitrogens with zero attached hydrogens (tertiary/aromatic N) is 1. The number of hydrogen-bond acceptors (Lipinski definition) is 3. The molecule has 3 fully saturated rings. The Labute approximate surface area is 150 Å². The molecule has 2 aliphatic heterocycles. The first-order valence-electron chi connectivity index (χ1n) is 10.3. The molecule has 3 nitrogen and oxygen atoms in total. The van der Waals surface area contributed by atoms with Crippen LogP contribution in [0.4, 0.5) is 0 Å². The second-order valence-electron chi connectivity index (χ2n) is 9.60. The lowest BCUT2D eigenvalue weighted by molar-refractivity contribution is -0.196. The predicted molar refractivity (Wildman–Crippen MR) is 97.0 cm³/mol. The third-order valence-corrected chi connectivity index (χ3v) is 8.28. The van der Waals surface area contributed by atoms with Gasteiger partial charge in [0.2, 0.25) is 0 Å². The van der Waals surface area contributed by atoms with Gasteiger partial charge in [-0.25, -0.2) is 0 Å². The summed E-state index contributed by atoms with van der Waals surface area (Å²) in [5.41, 5.74) is 3.32. The predicted octanol–water partition coefficient (Wildman–Crippen LogP) is 3.20. The van der Waals surface area contributed by atoms with E-state index in [0.29, 0.717) is 5.92 Å². The SMILES string of the molecule is Cc1ccc2c3c1O[C@H]1C(C)CCC4(O)C(C2)N(CC2CC2)CC[C@]314. The Kier molecular flexibility index (Phi) is 2.77. The Morgan fingerprint density at radius 2 is 2.08 bits per heavy atom. The molecule has 3 aliphatic carbocycles. The lowest BCUT2D eigenvalue weighted by atomic mass is 9.47. The van der Waals surface area contributed by atoms with E-state index < -0.39 is 5.60 Å². The zero-order valence-corrected chi connectivity index (χ0v) is 15.4. The molecule has 5 aliphatic rings. The van der Waals surface area contributed by atoms with Gasteiger partial charge in [-0.15, -0.1) is 0 Å². The minimum atomic E-state index is -0.608. The van der Waals surface area contributed by atoms with Crippen molar-refractivity contribution in [3.05, 3.63) is 28.8 Å². The van der Waals surface area contributed by atoms with Crippen LogP contribution in [-0.2, 0) is 11.8 Å². The number of hydrogen-bond donors (Lipinski definition) is 1. The van der Waals surface area contributed by atoms with E-state index in [2.05, 4.69) is 30.9 Å². The van der Waals surface area contributed by atoms with Gasteiger partial charge in [-0.1, -0.05) is 19.1 Å². The highest BCUT2D eigenvalue weighted by molar-refractivity contribution is 5.60. The average molecular weight is 339 g/mol. The summed E-state index contributed by atoms with van der Waals surface area (Å²) >= 11 is 0. The molecule has 1 spiro atoms. The van der Waals surface area contributed by atoms with Crippen LogP contribution in [0.15, 0.2) is 12.1 Å². The smallest absolute Gasteiger partial charge is 0.126 e. The Morgan fingerprint density at radius 3 is 2.88 bits per heavy atom. The maximum atomic E-state index is 12.2. The van der Waals surface area contributed by atoms with Crippen LogP contribution in [-0.4, -0.2) is 40.8 Å². The van der Waals surface area contributed by atoms with E-state index in [0.717, 1.165) is 43.9 Å². The van der Waals surface area contributed by atoms with Crippen molar-refractivity contribution in [1.82, 2.24) is 4.90 Å². The molecule has 25 heavy (non-hydrogen) atoms. The largest absolute Gasteiger partial charge is 0.489 e. The number of aryl methyl sites for hydroxylation is 1. The summed E-state index contributed by atoms with van der Waals surface area (Å²) in [6, 6.07) is 4.84. The van der Waals surface area contributed by atoms with Crippen molar-refractivity contribution in [2.24, 2.45) is 11.8 Å². The number of piperidine rings is 1. The van der Waals surface area contributed by atoms with Gasteiger partial charge in [0, 0.05) is 18.2 Å². The van der Waals surface area contributed by atoms with Gasteiger partial charge in [0.1, 0.15) is 11.9 Å². The van der Waals surface area contributed by atoms with E-state index in [1.807, 2.05) is 0 Å². The minimum absolute atomic E-state index is 0.159. The summed E-state index contributed by atoms with van der Waals surface area (Å²) in [6.45, 7) is 6.82. The second kappa shape index (κ2) is 4.61. The van der Waals surface area contributed by atoms with Crippen LogP contribution >= 0.6 is 0 Å². The van der Waals surface area contributed by atoms with E-state index in [-0.39, 0.29) is 17.6 Å². The van der Waals surface area contributed by atoms with E-state index in [9.17, 15) is 5.11 Å². The first-order valence-corrected chi connectivity index (χ1v) is 10.3. The minimum Gasteiger partial charge on any atom is -0.489 e. The van der Waals surface area contributed by atoms with Gasteiger partial charge in [-0.3, -0.25) is 4.90 Å². The fourth-order valence-corrected chi connectivity index (χ4v) is 6.88. The highest BCUT2D eigenvalue weighted by atomic mass is 16.5. The van der Waals surface area contributed by atoms with Crippen LogP contribution in [0, 0.1) is 18.8 Å². The first kappa shape index (κ1) is 15.0. The second-order valence-corrected chi connectivity index (χ2v) is 9.60. The first-order chi connectivity index (χ1) is 12.0. The fourth-order valence-electron chi connectivity index (χ4n) is 6.88. The summed E-state index contributed by atoms with van der Waals surface area (Å²) in [7, 11) is 0. The van der Waals surface area contributed by atoms with Crippen LogP contribution in [0.5, 0.6) is 5.75 Å². The molecule has 5 atom stereocenters.